The molecule has 0 aliphatic rings. The predicted octanol–water partition coefficient (Wildman–Crippen LogP) is 2.11. The summed E-state index contributed by atoms with van der Waals surface area (Å²) in [4.78, 5) is 21.3. The van der Waals surface area contributed by atoms with Gasteiger partial charge in [-0.05, 0) is 37.1 Å². The van der Waals surface area contributed by atoms with Gasteiger partial charge in [0.1, 0.15) is 0 Å². The van der Waals surface area contributed by atoms with E-state index in [2.05, 4.69) is 4.72 Å². The van der Waals surface area contributed by atoms with Crippen LogP contribution in [0.2, 0.25) is 0 Å². The summed E-state index contributed by atoms with van der Waals surface area (Å²) in [6.45, 7) is 3.09. The topological polar surface area (TPSA) is 132 Å². The van der Waals surface area contributed by atoms with Gasteiger partial charge in [-0.3, -0.25) is 19.6 Å². The number of anilines is 1. The number of primary amides is 1. The number of nitrogens with zero attached hydrogens (tertiary/aromatic N) is 1. The van der Waals surface area contributed by atoms with Crippen molar-refractivity contribution >= 4 is 27.3 Å². The van der Waals surface area contributed by atoms with Crippen LogP contribution in [-0.2, 0) is 10.0 Å². The van der Waals surface area contributed by atoms with Crippen LogP contribution in [-0.4, -0.2) is 19.2 Å². The third kappa shape index (κ3) is 3.35. The Hall–Kier alpha value is -2.94. The molecule has 24 heavy (non-hydrogen) atoms. The summed E-state index contributed by atoms with van der Waals surface area (Å²) < 4.78 is 27.5. The van der Waals surface area contributed by atoms with E-state index in [4.69, 9.17) is 5.73 Å². The molecule has 0 aliphatic heterocycles. The highest BCUT2D eigenvalue weighted by molar-refractivity contribution is 7.92. The van der Waals surface area contributed by atoms with Gasteiger partial charge in [0.05, 0.1) is 15.5 Å². The Bertz CT molecular complexity index is 938. The number of carbonyl (C=O) groups excluding carboxylic acids is 1. The summed E-state index contributed by atoms with van der Waals surface area (Å²) in [7, 11) is -4.07. The summed E-state index contributed by atoms with van der Waals surface area (Å²) in [6.07, 6.45) is 0. The Morgan fingerprint density at radius 1 is 1.21 bits per heavy atom. The van der Waals surface area contributed by atoms with Crippen LogP contribution < -0.4 is 10.5 Å². The fraction of sp³-hybridized carbons (Fsp3) is 0.133. The van der Waals surface area contributed by atoms with E-state index in [1.807, 2.05) is 0 Å². The molecule has 0 saturated carbocycles. The summed E-state index contributed by atoms with van der Waals surface area (Å²) in [5, 5.41) is 10.9. The number of rotatable bonds is 5. The number of amides is 1. The second-order valence-corrected chi connectivity index (χ2v) is 6.81. The lowest BCUT2D eigenvalue weighted by molar-refractivity contribution is -0.385. The molecule has 0 heterocycles. The van der Waals surface area contributed by atoms with E-state index in [-0.39, 0.29) is 21.8 Å². The van der Waals surface area contributed by atoms with Crippen molar-refractivity contribution in [1.82, 2.24) is 0 Å². The molecule has 0 fully saturated rings. The molecule has 3 N–H and O–H groups in total. The van der Waals surface area contributed by atoms with Crippen molar-refractivity contribution in [1.29, 1.82) is 0 Å². The molecule has 0 bridgehead atoms. The largest absolute Gasteiger partial charge is 0.366 e. The zero-order valence-electron chi connectivity index (χ0n) is 12.9. The SMILES string of the molecule is Cc1ccc([N+](=O)[O-])cc1S(=O)(=O)Nc1cccc(C(N)=O)c1C. The highest BCUT2D eigenvalue weighted by Gasteiger charge is 2.22. The first-order valence-corrected chi connectivity index (χ1v) is 8.29. The van der Waals surface area contributed by atoms with Crippen LogP contribution in [0.4, 0.5) is 11.4 Å². The number of aryl methyl sites for hydroxylation is 1. The summed E-state index contributed by atoms with van der Waals surface area (Å²) in [5.74, 6) is -0.680. The molecule has 0 saturated heterocycles. The molecule has 0 radical (unpaired) electrons. The number of carbonyl (C=O) groups is 1. The fourth-order valence-electron chi connectivity index (χ4n) is 2.20. The summed E-state index contributed by atoms with van der Waals surface area (Å²) >= 11 is 0. The molecule has 2 aromatic carbocycles. The van der Waals surface area contributed by atoms with E-state index in [0.717, 1.165) is 6.07 Å². The summed E-state index contributed by atoms with van der Waals surface area (Å²) in [6, 6.07) is 8.03. The van der Waals surface area contributed by atoms with Gasteiger partial charge in [0.2, 0.25) is 5.91 Å². The number of sulfonamides is 1. The Morgan fingerprint density at radius 3 is 2.46 bits per heavy atom. The lowest BCUT2D eigenvalue weighted by Crippen LogP contribution is -2.18. The Morgan fingerprint density at radius 2 is 1.88 bits per heavy atom. The molecule has 0 spiro atoms. The molecular weight excluding hydrogens is 334 g/mol. The monoisotopic (exact) mass is 349 g/mol. The standard InChI is InChI=1S/C15H15N3O5S/c1-9-6-7-11(18(20)21)8-14(9)24(22,23)17-13-5-3-4-12(10(13)2)15(16)19/h3-8,17H,1-2H3,(H2,16,19). The van der Waals surface area contributed by atoms with Gasteiger partial charge in [0.15, 0.2) is 0 Å². The molecule has 126 valence electrons. The maximum atomic E-state index is 12.6. The smallest absolute Gasteiger partial charge is 0.270 e. The minimum atomic E-state index is -4.07. The van der Waals surface area contributed by atoms with Crippen LogP contribution in [0.5, 0.6) is 0 Å². The van der Waals surface area contributed by atoms with Crippen molar-refractivity contribution < 1.29 is 18.1 Å². The van der Waals surface area contributed by atoms with Gasteiger partial charge in [0.25, 0.3) is 15.7 Å². The number of nitro groups is 1. The van der Waals surface area contributed by atoms with E-state index in [0.29, 0.717) is 11.1 Å². The highest BCUT2D eigenvalue weighted by atomic mass is 32.2. The molecule has 0 aliphatic carbocycles. The number of nitro benzene ring substituents is 1. The summed E-state index contributed by atoms with van der Waals surface area (Å²) in [5.41, 5.74) is 6.01. The van der Waals surface area contributed by atoms with Gasteiger partial charge in [-0.25, -0.2) is 8.42 Å². The minimum absolute atomic E-state index is 0.178. The van der Waals surface area contributed by atoms with Crippen LogP contribution in [0, 0.1) is 24.0 Å². The first kappa shape index (κ1) is 17.4. The zero-order chi connectivity index (χ0) is 18.1. The van der Waals surface area contributed by atoms with Gasteiger partial charge in [-0.2, -0.15) is 0 Å². The van der Waals surface area contributed by atoms with Crippen LogP contribution >= 0.6 is 0 Å². The van der Waals surface area contributed by atoms with E-state index < -0.39 is 20.9 Å². The van der Waals surface area contributed by atoms with Gasteiger partial charge in [-0.15, -0.1) is 0 Å². The highest BCUT2D eigenvalue weighted by Crippen LogP contribution is 2.26. The second-order valence-electron chi connectivity index (χ2n) is 5.15. The van der Waals surface area contributed by atoms with Gasteiger partial charge in [0, 0.05) is 17.7 Å². The van der Waals surface area contributed by atoms with Gasteiger partial charge >= 0.3 is 0 Å². The molecular formula is C15H15N3O5S. The molecule has 0 unspecified atom stereocenters. The number of non-ortho nitro benzene ring substituents is 1. The molecule has 1 amide bonds. The van der Waals surface area contributed by atoms with Crippen molar-refractivity contribution in [2.45, 2.75) is 18.7 Å². The average molecular weight is 349 g/mol. The maximum absolute atomic E-state index is 12.6. The predicted molar refractivity (Wildman–Crippen MR) is 88.3 cm³/mol. The van der Waals surface area contributed by atoms with E-state index in [9.17, 15) is 23.3 Å². The lowest BCUT2D eigenvalue weighted by atomic mass is 10.1. The van der Waals surface area contributed by atoms with Crippen LogP contribution in [0.25, 0.3) is 0 Å². The Balaban J connectivity index is 2.50. The molecule has 0 aromatic heterocycles. The van der Waals surface area contributed by atoms with Crippen molar-refractivity contribution in [3.8, 4) is 0 Å². The number of nitrogens with two attached hydrogens (primary N) is 1. The van der Waals surface area contributed by atoms with Crippen LogP contribution in [0.1, 0.15) is 21.5 Å². The minimum Gasteiger partial charge on any atom is -0.366 e. The molecule has 8 nitrogen and oxygen atoms in total. The fourth-order valence-corrected chi connectivity index (χ4v) is 3.59. The van der Waals surface area contributed by atoms with Gasteiger partial charge in [-0.1, -0.05) is 12.1 Å². The quantitative estimate of drug-likeness (QED) is 0.630. The Labute approximate surface area is 138 Å². The molecule has 2 rings (SSSR count). The van der Waals surface area contributed by atoms with Crippen molar-refractivity contribution in [3.05, 3.63) is 63.2 Å². The van der Waals surface area contributed by atoms with E-state index in [1.54, 1.807) is 6.92 Å². The normalized spacial score (nSPS) is 11.1. The molecule has 2 aromatic rings. The Kier molecular flexibility index (Phi) is 4.56. The second kappa shape index (κ2) is 6.28. The first-order chi connectivity index (χ1) is 11.1. The average Bonchev–Trinajstić information content (AvgIpc) is 2.48. The van der Waals surface area contributed by atoms with Crippen LogP contribution in [0.15, 0.2) is 41.3 Å². The lowest BCUT2D eigenvalue weighted by Gasteiger charge is -2.13. The third-order valence-corrected chi connectivity index (χ3v) is 5.02. The van der Waals surface area contributed by atoms with E-state index in [1.165, 1.54) is 37.3 Å². The number of nitrogens with one attached hydrogen (secondary N) is 1. The molecule has 0 atom stereocenters. The first-order valence-electron chi connectivity index (χ1n) is 6.81. The maximum Gasteiger partial charge on any atom is 0.270 e. The van der Waals surface area contributed by atoms with Gasteiger partial charge < -0.3 is 5.73 Å². The number of hydrogen-bond acceptors (Lipinski definition) is 5. The molecule has 9 heteroatoms. The number of benzene rings is 2. The number of hydrogen-bond donors (Lipinski definition) is 2. The van der Waals surface area contributed by atoms with Crippen molar-refractivity contribution in [3.63, 3.8) is 0 Å². The third-order valence-electron chi connectivity index (χ3n) is 3.52. The van der Waals surface area contributed by atoms with Crippen molar-refractivity contribution in [2.75, 3.05) is 4.72 Å². The zero-order valence-corrected chi connectivity index (χ0v) is 13.8. The van der Waals surface area contributed by atoms with Crippen molar-refractivity contribution in [2.24, 2.45) is 5.73 Å². The van der Waals surface area contributed by atoms with E-state index >= 15 is 0 Å². The van der Waals surface area contributed by atoms with Crippen LogP contribution in [0.3, 0.4) is 0 Å².